The summed E-state index contributed by atoms with van der Waals surface area (Å²) in [6, 6.07) is 5.91. The first-order valence-corrected chi connectivity index (χ1v) is 5.05. The van der Waals surface area contributed by atoms with E-state index in [1.807, 2.05) is 18.2 Å². The first-order chi connectivity index (χ1) is 7.24. The lowest BCUT2D eigenvalue weighted by atomic mass is 10.0. The molecule has 1 aliphatic heterocycles. The lowest BCUT2D eigenvalue weighted by molar-refractivity contribution is -0.117. The van der Waals surface area contributed by atoms with Crippen molar-refractivity contribution in [3.63, 3.8) is 0 Å². The molecule has 0 aromatic heterocycles. The van der Waals surface area contributed by atoms with Crippen molar-refractivity contribution in [1.29, 1.82) is 0 Å². The van der Waals surface area contributed by atoms with Crippen LogP contribution in [0.25, 0.3) is 0 Å². The molecule has 1 amide bonds. The second-order valence-corrected chi connectivity index (χ2v) is 3.76. The van der Waals surface area contributed by atoms with Crippen LogP contribution in [0.3, 0.4) is 0 Å². The molecular weight excluding hydrogens is 190 g/mol. The molecule has 3 nitrogen and oxygen atoms in total. The third-order valence-corrected chi connectivity index (χ3v) is 2.79. The van der Waals surface area contributed by atoms with E-state index in [1.165, 1.54) is 0 Å². The highest BCUT2D eigenvalue weighted by Gasteiger charge is 2.25. The van der Waals surface area contributed by atoms with Gasteiger partial charge in [0.05, 0.1) is 12.1 Å². The molecule has 1 heterocycles. The highest BCUT2D eigenvalue weighted by molar-refractivity contribution is 6.01. The van der Waals surface area contributed by atoms with Crippen molar-refractivity contribution in [2.75, 3.05) is 11.9 Å². The number of carbonyl (C=O) groups is 2. The molecule has 1 aromatic carbocycles. The van der Waals surface area contributed by atoms with Crippen LogP contribution in [0, 0.1) is 0 Å². The summed E-state index contributed by atoms with van der Waals surface area (Å²) >= 11 is 0. The van der Waals surface area contributed by atoms with Crippen molar-refractivity contribution in [1.82, 2.24) is 0 Å². The summed E-state index contributed by atoms with van der Waals surface area (Å²) in [5, 5.41) is 0. The predicted molar refractivity (Wildman–Crippen MR) is 57.9 cm³/mol. The van der Waals surface area contributed by atoms with E-state index in [2.05, 4.69) is 0 Å². The molecule has 0 saturated heterocycles. The van der Waals surface area contributed by atoms with E-state index >= 15 is 0 Å². The first kappa shape index (κ1) is 9.90. The average molecular weight is 203 g/mol. The second-order valence-electron chi connectivity index (χ2n) is 3.76. The van der Waals surface area contributed by atoms with Gasteiger partial charge in [-0.05, 0) is 17.5 Å². The highest BCUT2D eigenvalue weighted by Crippen LogP contribution is 2.31. The lowest BCUT2D eigenvalue weighted by Crippen LogP contribution is -2.21. The molecule has 15 heavy (non-hydrogen) atoms. The quantitative estimate of drug-likeness (QED) is 0.695. The SMILES string of the molecule is CN1C(=O)Cc2cccc(CCC=O)c21. The number of nitrogens with zero attached hydrogens (tertiary/aromatic N) is 1. The molecule has 1 aromatic rings. The van der Waals surface area contributed by atoms with Crippen molar-refractivity contribution in [2.45, 2.75) is 19.3 Å². The number of aldehydes is 1. The molecule has 0 bridgehead atoms. The Balaban J connectivity index is 2.38. The molecule has 0 radical (unpaired) electrons. The number of carbonyl (C=O) groups excluding carboxylic acids is 2. The number of amides is 1. The van der Waals surface area contributed by atoms with Crippen LogP contribution in [0.15, 0.2) is 18.2 Å². The topological polar surface area (TPSA) is 37.4 Å². The zero-order valence-electron chi connectivity index (χ0n) is 8.69. The lowest BCUT2D eigenvalue weighted by Gasteiger charge is -2.14. The molecular formula is C12H13NO2. The third-order valence-electron chi connectivity index (χ3n) is 2.79. The Bertz CT molecular complexity index is 412. The summed E-state index contributed by atoms with van der Waals surface area (Å²) in [7, 11) is 1.79. The molecule has 0 aliphatic carbocycles. The molecule has 0 fully saturated rings. The molecule has 0 N–H and O–H groups in total. The largest absolute Gasteiger partial charge is 0.315 e. The number of para-hydroxylation sites is 1. The predicted octanol–water partition coefficient (Wildman–Crippen LogP) is 1.34. The minimum atomic E-state index is 0.128. The Morgan fingerprint density at radius 3 is 3.00 bits per heavy atom. The maximum Gasteiger partial charge on any atom is 0.231 e. The maximum absolute atomic E-state index is 11.5. The summed E-state index contributed by atoms with van der Waals surface area (Å²) in [6.07, 6.45) is 2.62. The van der Waals surface area contributed by atoms with E-state index in [0.29, 0.717) is 19.3 Å². The fourth-order valence-electron chi connectivity index (χ4n) is 2.04. The van der Waals surface area contributed by atoms with Gasteiger partial charge in [-0.15, -0.1) is 0 Å². The third kappa shape index (κ3) is 1.65. The first-order valence-electron chi connectivity index (χ1n) is 5.05. The van der Waals surface area contributed by atoms with Crippen LogP contribution >= 0.6 is 0 Å². The van der Waals surface area contributed by atoms with Gasteiger partial charge in [0, 0.05) is 13.5 Å². The van der Waals surface area contributed by atoms with Crippen molar-refractivity contribution >= 4 is 17.9 Å². The Kier molecular flexibility index (Phi) is 2.54. The number of hydrogen-bond acceptors (Lipinski definition) is 2. The molecule has 2 rings (SSSR count). The van der Waals surface area contributed by atoms with Crippen LogP contribution < -0.4 is 4.90 Å². The van der Waals surface area contributed by atoms with Gasteiger partial charge in [0.1, 0.15) is 6.29 Å². The van der Waals surface area contributed by atoms with Gasteiger partial charge in [-0.1, -0.05) is 18.2 Å². The van der Waals surface area contributed by atoms with Gasteiger partial charge in [-0.3, -0.25) is 4.79 Å². The normalized spacial score (nSPS) is 14.2. The Morgan fingerprint density at radius 2 is 2.27 bits per heavy atom. The number of benzene rings is 1. The molecule has 0 atom stereocenters. The molecule has 78 valence electrons. The van der Waals surface area contributed by atoms with E-state index in [0.717, 1.165) is 23.1 Å². The second kappa shape index (κ2) is 3.85. The van der Waals surface area contributed by atoms with Gasteiger partial charge in [0.25, 0.3) is 0 Å². The fourth-order valence-corrected chi connectivity index (χ4v) is 2.04. The smallest absolute Gasteiger partial charge is 0.231 e. The van der Waals surface area contributed by atoms with Crippen LogP contribution in [0.2, 0.25) is 0 Å². The monoisotopic (exact) mass is 203 g/mol. The van der Waals surface area contributed by atoms with Gasteiger partial charge >= 0.3 is 0 Å². The number of hydrogen-bond donors (Lipinski definition) is 0. The maximum atomic E-state index is 11.5. The molecule has 0 unspecified atom stereocenters. The Morgan fingerprint density at radius 1 is 1.47 bits per heavy atom. The standard InChI is InChI=1S/C12H13NO2/c1-13-11(15)8-10-5-2-4-9(12(10)13)6-3-7-14/h2,4-5,7H,3,6,8H2,1H3. The molecule has 0 spiro atoms. The zero-order chi connectivity index (χ0) is 10.8. The van der Waals surface area contributed by atoms with E-state index in [-0.39, 0.29) is 5.91 Å². The van der Waals surface area contributed by atoms with Gasteiger partial charge in [-0.25, -0.2) is 0 Å². The summed E-state index contributed by atoms with van der Waals surface area (Å²) < 4.78 is 0. The summed E-state index contributed by atoms with van der Waals surface area (Å²) in [6.45, 7) is 0. The Labute approximate surface area is 88.7 Å². The van der Waals surface area contributed by atoms with Crippen LogP contribution in [-0.2, 0) is 22.4 Å². The summed E-state index contributed by atoms with van der Waals surface area (Å²) in [5.41, 5.74) is 3.17. The minimum absolute atomic E-state index is 0.128. The van der Waals surface area contributed by atoms with E-state index in [1.54, 1.807) is 11.9 Å². The Hall–Kier alpha value is -1.64. The zero-order valence-corrected chi connectivity index (χ0v) is 8.69. The van der Waals surface area contributed by atoms with Crippen molar-refractivity contribution < 1.29 is 9.59 Å². The number of aryl methyl sites for hydroxylation is 1. The molecule has 1 aliphatic rings. The summed E-state index contributed by atoms with van der Waals surface area (Å²) in [4.78, 5) is 23.5. The van der Waals surface area contributed by atoms with Crippen molar-refractivity contribution in [3.05, 3.63) is 29.3 Å². The van der Waals surface area contributed by atoms with Gasteiger partial charge in [-0.2, -0.15) is 0 Å². The van der Waals surface area contributed by atoms with Crippen LogP contribution in [0.1, 0.15) is 17.5 Å². The number of fused-ring (bicyclic) bond motifs is 1. The van der Waals surface area contributed by atoms with Gasteiger partial charge in [0.2, 0.25) is 5.91 Å². The van der Waals surface area contributed by atoms with Crippen LogP contribution in [-0.4, -0.2) is 19.2 Å². The van der Waals surface area contributed by atoms with Gasteiger partial charge in [0.15, 0.2) is 0 Å². The summed E-state index contributed by atoms with van der Waals surface area (Å²) in [5.74, 6) is 0.128. The van der Waals surface area contributed by atoms with Gasteiger partial charge < -0.3 is 9.69 Å². The van der Waals surface area contributed by atoms with Crippen LogP contribution in [0.5, 0.6) is 0 Å². The highest BCUT2D eigenvalue weighted by atomic mass is 16.2. The average Bonchev–Trinajstić information content (AvgIpc) is 2.53. The molecule has 0 saturated carbocycles. The van der Waals surface area contributed by atoms with E-state index in [4.69, 9.17) is 0 Å². The van der Waals surface area contributed by atoms with E-state index < -0.39 is 0 Å². The van der Waals surface area contributed by atoms with E-state index in [9.17, 15) is 9.59 Å². The number of rotatable bonds is 3. The molecule has 3 heteroatoms. The number of likely N-dealkylation sites (N-methyl/N-ethyl adjacent to an activating group) is 1. The number of anilines is 1. The minimum Gasteiger partial charge on any atom is -0.315 e. The van der Waals surface area contributed by atoms with Crippen molar-refractivity contribution in [2.24, 2.45) is 0 Å². The fraction of sp³-hybridized carbons (Fsp3) is 0.333. The van der Waals surface area contributed by atoms with Crippen molar-refractivity contribution in [3.8, 4) is 0 Å². The van der Waals surface area contributed by atoms with Crippen LogP contribution in [0.4, 0.5) is 5.69 Å².